The first-order valence-corrected chi connectivity index (χ1v) is 9.71. The number of unbranched alkanes of at least 4 members (excludes halogenated alkanes) is 2. The van der Waals surface area contributed by atoms with Gasteiger partial charge < -0.3 is 15.6 Å². The average Bonchev–Trinajstić information content (AvgIpc) is 3.08. The van der Waals surface area contributed by atoms with Crippen molar-refractivity contribution in [2.45, 2.75) is 32.6 Å². The van der Waals surface area contributed by atoms with Crippen molar-refractivity contribution in [2.75, 3.05) is 5.32 Å². The van der Waals surface area contributed by atoms with E-state index in [1.54, 1.807) is 6.07 Å². The second-order valence-corrected chi connectivity index (χ2v) is 7.07. The Hall–Kier alpha value is -2.44. The molecule has 0 radical (unpaired) electrons. The maximum atomic E-state index is 11.9. The van der Waals surface area contributed by atoms with E-state index < -0.39 is 0 Å². The molecule has 0 aliphatic carbocycles. The van der Waals surface area contributed by atoms with E-state index >= 15 is 0 Å². The number of aromatic nitrogens is 2. The minimum Gasteiger partial charge on any atom is -0.338 e. The van der Waals surface area contributed by atoms with Crippen LogP contribution in [-0.2, 0) is 4.79 Å². The number of nitrogens with one attached hydrogen (secondary N) is 3. The van der Waals surface area contributed by atoms with Crippen molar-refractivity contribution in [3.8, 4) is 11.4 Å². The third-order valence-corrected chi connectivity index (χ3v) is 4.67. The Morgan fingerprint density at radius 2 is 2.04 bits per heavy atom. The van der Waals surface area contributed by atoms with Crippen LogP contribution in [-0.4, -0.2) is 21.0 Å². The molecule has 3 aromatic rings. The van der Waals surface area contributed by atoms with E-state index in [0.717, 1.165) is 41.7 Å². The van der Waals surface area contributed by atoms with Gasteiger partial charge in [0.15, 0.2) is 5.11 Å². The Morgan fingerprint density at radius 3 is 2.81 bits per heavy atom. The number of nitrogens with zero attached hydrogens (tertiary/aromatic N) is 1. The molecule has 1 heterocycles. The minimum atomic E-state index is -0.0921. The van der Waals surface area contributed by atoms with E-state index in [4.69, 9.17) is 23.8 Å². The summed E-state index contributed by atoms with van der Waals surface area (Å²) in [6.07, 6.45) is 3.41. The zero-order valence-electron chi connectivity index (χ0n) is 15.0. The van der Waals surface area contributed by atoms with Gasteiger partial charge in [-0.05, 0) is 49.0 Å². The summed E-state index contributed by atoms with van der Waals surface area (Å²) in [7, 11) is 0. The number of amides is 1. The van der Waals surface area contributed by atoms with Crippen LogP contribution in [0.3, 0.4) is 0 Å². The smallest absolute Gasteiger partial charge is 0.226 e. The summed E-state index contributed by atoms with van der Waals surface area (Å²) in [5, 5.41) is 6.44. The largest absolute Gasteiger partial charge is 0.338 e. The van der Waals surface area contributed by atoms with Gasteiger partial charge in [-0.25, -0.2) is 4.98 Å². The molecule has 1 aromatic heterocycles. The van der Waals surface area contributed by atoms with E-state index in [-0.39, 0.29) is 11.0 Å². The molecule has 0 spiro atoms. The Labute approximate surface area is 168 Å². The standard InChI is InChI=1S/C20H21ClN4OS/c1-2-3-4-9-18(26)25-20(27)24-17-12-13(10-11-14(17)21)19-22-15-7-5-6-8-16(15)23-19/h5-8,10-12H,2-4,9H2,1H3,(H,22,23)(H2,24,25,26,27). The van der Waals surface area contributed by atoms with Gasteiger partial charge in [0.2, 0.25) is 5.91 Å². The number of halogens is 1. The minimum absolute atomic E-state index is 0.0921. The number of hydrogen-bond acceptors (Lipinski definition) is 3. The zero-order chi connectivity index (χ0) is 19.2. The van der Waals surface area contributed by atoms with Crippen LogP contribution < -0.4 is 10.6 Å². The molecule has 7 heteroatoms. The fourth-order valence-corrected chi connectivity index (χ4v) is 3.12. The Bertz CT molecular complexity index is 937. The molecule has 5 nitrogen and oxygen atoms in total. The highest BCUT2D eigenvalue weighted by atomic mass is 35.5. The van der Waals surface area contributed by atoms with Crippen LogP contribution in [0.25, 0.3) is 22.4 Å². The number of benzene rings is 2. The lowest BCUT2D eigenvalue weighted by atomic mass is 10.2. The molecule has 1 amide bonds. The molecule has 3 rings (SSSR count). The number of hydrogen-bond donors (Lipinski definition) is 3. The Morgan fingerprint density at radius 1 is 1.22 bits per heavy atom. The second-order valence-electron chi connectivity index (χ2n) is 6.26. The van der Waals surface area contributed by atoms with Crippen LogP contribution in [0.4, 0.5) is 5.69 Å². The molecule has 0 atom stereocenters. The number of rotatable bonds is 6. The summed E-state index contributed by atoms with van der Waals surface area (Å²) in [5.74, 6) is 0.649. The number of aromatic amines is 1. The lowest BCUT2D eigenvalue weighted by Gasteiger charge is -2.12. The summed E-state index contributed by atoms with van der Waals surface area (Å²) in [5.41, 5.74) is 3.35. The van der Waals surface area contributed by atoms with Gasteiger partial charge in [0.25, 0.3) is 0 Å². The van der Waals surface area contributed by atoms with Crippen LogP contribution in [0.15, 0.2) is 42.5 Å². The molecule has 140 valence electrons. The van der Waals surface area contributed by atoms with E-state index in [9.17, 15) is 4.79 Å². The molecule has 3 N–H and O–H groups in total. The van der Waals surface area contributed by atoms with Crippen molar-refractivity contribution < 1.29 is 4.79 Å². The first kappa shape index (κ1) is 19.3. The van der Waals surface area contributed by atoms with Gasteiger partial charge in [-0.3, -0.25) is 4.79 Å². The van der Waals surface area contributed by atoms with E-state index in [0.29, 0.717) is 17.1 Å². The first-order chi connectivity index (χ1) is 13.1. The number of fused-ring (bicyclic) bond motifs is 1. The molecule has 0 aliphatic heterocycles. The van der Waals surface area contributed by atoms with Crippen molar-refractivity contribution in [2.24, 2.45) is 0 Å². The van der Waals surface area contributed by atoms with Crippen LogP contribution in [0.2, 0.25) is 5.02 Å². The van der Waals surface area contributed by atoms with Crippen LogP contribution in [0, 0.1) is 0 Å². The summed E-state index contributed by atoms with van der Waals surface area (Å²) in [4.78, 5) is 19.8. The van der Waals surface area contributed by atoms with Gasteiger partial charge in [-0.2, -0.15) is 0 Å². The van der Waals surface area contributed by atoms with Gasteiger partial charge >= 0.3 is 0 Å². The van der Waals surface area contributed by atoms with E-state index in [1.165, 1.54) is 0 Å². The maximum absolute atomic E-state index is 11.9. The number of carbonyl (C=O) groups excluding carboxylic acids is 1. The van der Waals surface area contributed by atoms with Gasteiger partial charge in [0.1, 0.15) is 5.82 Å². The summed E-state index contributed by atoms with van der Waals surface area (Å²) < 4.78 is 0. The molecule has 0 unspecified atom stereocenters. The van der Waals surface area contributed by atoms with E-state index in [2.05, 4.69) is 27.5 Å². The number of thiocarbonyl (C=S) groups is 1. The van der Waals surface area contributed by atoms with Gasteiger partial charge in [0, 0.05) is 12.0 Å². The van der Waals surface area contributed by atoms with Crippen molar-refractivity contribution in [1.29, 1.82) is 0 Å². The van der Waals surface area contributed by atoms with E-state index in [1.807, 2.05) is 36.4 Å². The summed E-state index contributed by atoms with van der Waals surface area (Å²) >= 11 is 11.5. The third-order valence-electron chi connectivity index (χ3n) is 4.14. The summed E-state index contributed by atoms with van der Waals surface area (Å²) in [6.45, 7) is 2.10. The monoisotopic (exact) mass is 400 g/mol. The number of imidazole rings is 1. The zero-order valence-corrected chi connectivity index (χ0v) is 16.6. The number of carbonyl (C=O) groups is 1. The van der Waals surface area contributed by atoms with Crippen LogP contribution in [0.5, 0.6) is 0 Å². The number of para-hydroxylation sites is 2. The molecule has 0 saturated heterocycles. The van der Waals surface area contributed by atoms with Crippen LogP contribution >= 0.6 is 23.8 Å². The molecule has 0 bridgehead atoms. The topological polar surface area (TPSA) is 69.8 Å². The average molecular weight is 401 g/mol. The third kappa shape index (κ3) is 5.05. The highest BCUT2D eigenvalue weighted by Gasteiger charge is 2.10. The fraction of sp³-hybridized carbons (Fsp3) is 0.250. The predicted octanol–water partition coefficient (Wildman–Crippen LogP) is 5.28. The lowest BCUT2D eigenvalue weighted by molar-refractivity contribution is -0.119. The molecular formula is C20H21ClN4OS. The lowest BCUT2D eigenvalue weighted by Crippen LogP contribution is -2.34. The molecule has 27 heavy (non-hydrogen) atoms. The number of H-pyrrole nitrogens is 1. The quantitative estimate of drug-likeness (QED) is 0.389. The molecular weight excluding hydrogens is 380 g/mol. The van der Waals surface area contributed by atoms with Crippen molar-refractivity contribution in [1.82, 2.24) is 15.3 Å². The fourth-order valence-electron chi connectivity index (χ4n) is 2.74. The van der Waals surface area contributed by atoms with Crippen LogP contribution in [0.1, 0.15) is 32.6 Å². The predicted molar refractivity (Wildman–Crippen MR) is 115 cm³/mol. The normalized spacial score (nSPS) is 10.7. The van der Waals surface area contributed by atoms with Crippen molar-refractivity contribution in [3.05, 3.63) is 47.5 Å². The van der Waals surface area contributed by atoms with Crippen molar-refractivity contribution in [3.63, 3.8) is 0 Å². The molecule has 0 saturated carbocycles. The van der Waals surface area contributed by atoms with Gasteiger partial charge in [-0.15, -0.1) is 0 Å². The SMILES string of the molecule is CCCCCC(=O)NC(=S)Nc1cc(-c2nc3ccccc3[nH]2)ccc1Cl. The molecule has 2 aromatic carbocycles. The molecule has 0 fully saturated rings. The summed E-state index contributed by atoms with van der Waals surface area (Å²) in [6, 6.07) is 13.4. The Kier molecular flexibility index (Phi) is 6.42. The van der Waals surface area contributed by atoms with Crippen molar-refractivity contribution >= 4 is 51.6 Å². The Balaban J connectivity index is 1.71. The van der Waals surface area contributed by atoms with Gasteiger partial charge in [-0.1, -0.05) is 43.5 Å². The first-order valence-electron chi connectivity index (χ1n) is 8.92. The second kappa shape index (κ2) is 8.97. The number of anilines is 1. The maximum Gasteiger partial charge on any atom is 0.226 e. The highest BCUT2D eigenvalue weighted by Crippen LogP contribution is 2.28. The highest BCUT2D eigenvalue weighted by molar-refractivity contribution is 7.80. The van der Waals surface area contributed by atoms with Gasteiger partial charge in [0.05, 0.1) is 21.7 Å². The molecule has 0 aliphatic rings.